The monoisotopic (exact) mass is 376 g/mol. The highest BCUT2D eigenvalue weighted by Crippen LogP contribution is 2.60. The van der Waals surface area contributed by atoms with E-state index in [2.05, 4.69) is 39.5 Å². The molecule has 0 aliphatic heterocycles. The van der Waals surface area contributed by atoms with E-state index in [0.717, 1.165) is 0 Å². The van der Waals surface area contributed by atoms with Crippen molar-refractivity contribution in [3.05, 3.63) is 0 Å². The zero-order valence-electron chi connectivity index (χ0n) is 8.97. The lowest BCUT2D eigenvalue weighted by Crippen LogP contribution is -2.67. The van der Waals surface area contributed by atoms with Crippen LogP contribution in [0.5, 0.6) is 0 Å². The molecule has 0 amide bonds. The van der Waals surface area contributed by atoms with Crippen molar-refractivity contribution in [3.8, 4) is 0 Å². The Balaban J connectivity index is 6.00. The van der Waals surface area contributed by atoms with Crippen molar-refractivity contribution in [2.45, 2.75) is 27.5 Å². The summed E-state index contributed by atoms with van der Waals surface area (Å²) in [6.45, 7) is 0. The van der Waals surface area contributed by atoms with E-state index in [4.69, 9.17) is 0 Å². The summed E-state index contributed by atoms with van der Waals surface area (Å²) in [6, 6.07) is 0. The molecular weight excluding hydrogens is 374 g/mol. The van der Waals surface area contributed by atoms with Gasteiger partial charge < -0.3 is 4.74 Å². The molecule has 0 aliphatic rings. The van der Waals surface area contributed by atoms with Crippen molar-refractivity contribution >= 4 is 40.8 Å². The van der Waals surface area contributed by atoms with Gasteiger partial charge in [0, 0.05) is 0 Å². The second-order valence-electron chi connectivity index (χ2n) is 3.29. The first-order valence-corrected chi connectivity index (χ1v) is 5.28. The quantitative estimate of drug-likeness (QED) is 0.410. The number of rotatable bonds is 5. The Morgan fingerprint density at radius 3 is 1.45 bits per heavy atom. The molecule has 120 valence electrons. The van der Waals surface area contributed by atoms with Gasteiger partial charge in [-0.2, -0.15) is 26.3 Å². The highest BCUT2D eigenvalue weighted by molar-refractivity contribution is 6.34. The maximum atomic E-state index is 13.4. The fraction of sp³-hybridized carbons (Fsp3) is 0.857. The van der Waals surface area contributed by atoms with E-state index in [1.165, 1.54) is 0 Å². The number of carbonyl (C=O) groups excluding carboxylic acids is 1. The van der Waals surface area contributed by atoms with Crippen LogP contribution in [0, 0.1) is 0 Å². The van der Waals surface area contributed by atoms with Gasteiger partial charge in [-0.05, 0) is 11.6 Å². The molecule has 2 nitrogen and oxygen atoms in total. The number of ether oxygens (including phenoxy) is 1. The molecule has 2 atom stereocenters. The van der Waals surface area contributed by atoms with Gasteiger partial charge in [0.2, 0.25) is 0 Å². The van der Waals surface area contributed by atoms with Gasteiger partial charge in [-0.1, -0.05) is 23.2 Å². The summed E-state index contributed by atoms with van der Waals surface area (Å²) in [6.07, 6.45) is 0. The molecule has 0 unspecified atom stereocenters. The van der Waals surface area contributed by atoms with E-state index in [1.54, 1.807) is 0 Å². The summed E-state index contributed by atoms with van der Waals surface area (Å²) in [5.74, 6) is -15.4. The van der Waals surface area contributed by atoms with Gasteiger partial charge >= 0.3 is 33.5 Å². The fourth-order valence-electron chi connectivity index (χ4n) is 0.829. The number of esters is 1. The minimum absolute atomic E-state index is 0.223. The van der Waals surface area contributed by atoms with Gasteiger partial charge in [0.15, 0.2) is 0 Å². The van der Waals surface area contributed by atoms with Crippen LogP contribution in [0.1, 0.15) is 0 Å². The highest BCUT2D eigenvalue weighted by atomic mass is 35.5. The Labute approximate surface area is 120 Å². The summed E-state index contributed by atoms with van der Waals surface area (Å²) in [5.41, 5.74) is 0. The Bertz CT molecular complexity index is 392. The molecular formula is C7H3Cl3F8O2. The van der Waals surface area contributed by atoms with Crippen LogP contribution in [0.15, 0.2) is 0 Å². The first kappa shape index (κ1) is 19.8. The third-order valence-corrected chi connectivity index (χ3v) is 3.29. The van der Waals surface area contributed by atoms with E-state index < -0.39 is 33.5 Å². The molecule has 0 saturated heterocycles. The molecule has 0 radical (unpaired) electrons. The minimum atomic E-state index is -6.49. The van der Waals surface area contributed by atoms with Gasteiger partial charge in [0.05, 0.1) is 7.11 Å². The van der Waals surface area contributed by atoms with Crippen molar-refractivity contribution in [2.24, 2.45) is 0 Å². The second kappa shape index (κ2) is 5.20. The number of alkyl halides is 11. The molecule has 0 aromatic heterocycles. The topological polar surface area (TPSA) is 26.3 Å². The van der Waals surface area contributed by atoms with Crippen molar-refractivity contribution in [2.75, 3.05) is 7.11 Å². The summed E-state index contributed by atoms with van der Waals surface area (Å²) in [5, 5.41) is -17.5. The molecule has 0 saturated carbocycles. The molecule has 0 spiro atoms. The van der Waals surface area contributed by atoms with Crippen LogP contribution < -0.4 is 0 Å². The Morgan fingerprint density at radius 1 is 0.850 bits per heavy atom. The van der Waals surface area contributed by atoms with Crippen molar-refractivity contribution in [1.29, 1.82) is 0 Å². The van der Waals surface area contributed by atoms with E-state index in [0.29, 0.717) is 0 Å². The number of hydrogen-bond acceptors (Lipinski definition) is 2. The first-order valence-electron chi connectivity index (χ1n) is 4.15. The molecule has 0 aromatic rings. The third-order valence-electron chi connectivity index (χ3n) is 1.98. The summed E-state index contributed by atoms with van der Waals surface area (Å²) < 4.78 is 107. The van der Waals surface area contributed by atoms with E-state index >= 15 is 0 Å². The van der Waals surface area contributed by atoms with E-state index in [-0.39, 0.29) is 7.11 Å². The van der Waals surface area contributed by atoms with Crippen LogP contribution in [-0.4, -0.2) is 40.6 Å². The lowest BCUT2D eigenvalue weighted by atomic mass is 10.0. The van der Waals surface area contributed by atoms with Crippen molar-refractivity contribution in [1.82, 2.24) is 0 Å². The normalized spacial score (nSPS) is 20.0. The first-order chi connectivity index (χ1) is 8.48. The average molecular weight is 377 g/mol. The van der Waals surface area contributed by atoms with E-state index in [9.17, 15) is 39.9 Å². The van der Waals surface area contributed by atoms with Crippen LogP contribution in [-0.2, 0) is 9.53 Å². The summed E-state index contributed by atoms with van der Waals surface area (Å²) in [7, 11) is 0.223. The molecule has 0 bridgehead atoms. The SMILES string of the molecule is COC(=O)C(F)(F)[C@](F)(Cl)C(F)(F)[C@](F)(Cl)C(F)(F)Cl. The number of hydrogen-bond donors (Lipinski definition) is 0. The van der Waals surface area contributed by atoms with Gasteiger partial charge in [-0.3, -0.25) is 0 Å². The summed E-state index contributed by atoms with van der Waals surface area (Å²) >= 11 is 12.0. The smallest absolute Gasteiger partial charge is 0.395 e. The van der Waals surface area contributed by atoms with Crippen molar-refractivity contribution in [3.63, 3.8) is 0 Å². The van der Waals surface area contributed by atoms with Gasteiger partial charge in [-0.15, -0.1) is 0 Å². The van der Waals surface area contributed by atoms with Crippen LogP contribution in [0.2, 0.25) is 0 Å². The Morgan fingerprint density at radius 2 is 1.20 bits per heavy atom. The zero-order valence-corrected chi connectivity index (χ0v) is 11.2. The fourth-order valence-corrected chi connectivity index (χ4v) is 1.33. The molecule has 13 heteroatoms. The maximum Gasteiger partial charge on any atom is 0.395 e. The molecule has 0 aromatic carbocycles. The highest BCUT2D eigenvalue weighted by Gasteiger charge is 2.85. The predicted octanol–water partition coefficient (Wildman–Crippen LogP) is 4.07. The average Bonchev–Trinajstić information content (AvgIpc) is 2.25. The predicted molar refractivity (Wildman–Crippen MR) is 52.1 cm³/mol. The largest absolute Gasteiger partial charge is 0.464 e. The van der Waals surface area contributed by atoms with Crippen LogP contribution >= 0.6 is 34.8 Å². The number of methoxy groups -OCH3 is 1. The molecule has 20 heavy (non-hydrogen) atoms. The Hall–Kier alpha value is -0.220. The molecule has 0 rings (SSSR count). The second-order valence-corrected chi connectivity index (χ2v) is 4.80. The third kappa shape index (κ3) is 2.61. The van der Waals surface area contributed by atoms with Crippen molar-refractivity contribution < 1.29 is 44.7 Å². The molecule has 0 heterocycles. The van der Waals surface area contributed by atoms with E-state index in [1.807, 2.05) is 0 Å². The number of carbonyl (C=O) groups is 1. The zero-order chi connectivity index (χ0) is 16.8. The minimum Gasteiger partial charge on any atom is -0.464 e. The van der Waals surface area contributed by atoms with Crippen LogP contribution in [0.3, 0.4) is 0 Å². The van der Waals surface area contributed by atoms with Gasteiger partial charge in [-0.25, -0.2) is 13.6 Å². The molecule has 0 N–H and O–H groups in total. The molecule has 0 fully saturated rings. The Kier molecular flexibility index (Phi) is 5.15. The maximum absolute atomic E-state index is 13.4. The lowest BCUT2D eigenvalue weighted by molar-refractivity contribution is -0.265. The number of halogens is 11. The standard InChI is InChI=1S/C7H3Cl3F8O2/c1-20-2(19)3(11,12)4(8,13)6(15,16)5(9,14)7(10,17)18/h1H3/t4-,5-/m1/s1. The molecule has 0 aliphatic carbocycles. The van der Waals surface area contributed by atoms with Crippen LogP contribution in [0.4, 0.5) is 35.1 Å². The van der Waals surface area contributed by atoms with Crippen LogP contribution in [0.25, 0.3) is 0 Å². The lowest BCUT2D eigenvalue weighted by Gasteiger charge is -2.38. The summed E-state index contributed by atoms with van der Waals surface area (Å²) in [4.78, 5) is 10.5. The van der Waals surface area contributed by atoms with Gasteiger partial charge in [0.1, 0.15) is 0 Å². The van der Waals surface area contributed by atoms with Gasteiger partial charge in [0.25, 0.3) is 0 Å².